The molecule has 146 valence electrons. The number of halogens is 1. The largest absolute Gasteiger partial charge is 0.466 e. The number of carbonyl (C=O) groups excluding carboxylic acids is 1. The van der Waals surface area contributed by atoms with E-state index in [2.05, 4.69) is 20.9 Å². The molecule has 29 heavy (non-hydrogen) atoms. The smallest absolute Gasteiger partial charge is 0.338 e. The predicted octanol–water partition coefficient (Wildman–Crippen LogP) is 3.17. The second kappa shape index (κ2) is 7.93. The van der Waals surface area contributed by atoms with Gasteiger partial charge in [-0.05, 0) is 36.3 Å². The Morgan fingerprint density at radius 2 is 1.97 bits per heavy atom. The van der Waals surface area contributed by atoms with Crippen LogP contribution in [0.2, 0.25) is 0 Å². The van der Waals surface area contributed by atoms with Crippen LogP contribution in [0.1, 0.15) is 24.1 Å². The van der Waals surface area contributed by atoms with E-state index in [1.165, 1.54) is 18.4 Å². The molecule has 1 aromatic heterocycles. The van der Waals surface area contributed by atoms with Crippen LogP contribution in [0.25, 0.3) is 6.08 Å². The second-order valence-electron chi connectivity index (χ2n) is 6.54. The molecule has 0 amide bonds. The van der Waals surface area contributed by atoms with E-state index in [0.717, 1.165) is 15.6 Å². The molecule has 1 atom stereocenters. The number of hydrogen-bond donors (Lipinski definition) is 0. The number of allylic oxidation sites excluding steroid dienone is 1. The van der Waals surface area contributed by atoms with Crippen LogP contribution in [-0.2, 0) is 9.53 Å². The lowest BCUT2D eigenvalue weighted by Gasteiger charge is -2.24. The van der Waals surface area contributed by atoms with Crippen molar-refractivity contribution in [1.29, 1.82) is 0 Å². The summed E-state index contributed by atoms with van der Waals surface area (Å²) >= 11 is 4.77. The zero-order chi connectivity index (χ0) is 20.5. The monoisotopic (exact) mass is 468 g/mol. The Labute approximate surface area is 179 Å². The van der Waals surface area contributed by atoms with E-state index in [1.807, 2.05) is 60.7 Å². The van der Waals surface area contributed by atoms with E-state index in [4.69, 9.17) is 4.74 Å². The first kappa shape index (κ1) is 19.5. The summed E-state index contributed by atoms with van der Waals surface area (Å²) in [5.41, 5.74) is 2.49. The molecule has 2 aromatic carbocycles. The number of thiazole rings is 1. The molecule has 5 nitrogen and oxygen atoms in total. The number of ether oxygens (including phenoxy) is 1. The molecule has 1 aliphatic heterocycles. The number of carbonyl (C=O) groups is 1. The molecule has 0 radical (unpaired) electrons. The van der Waals surface area contributed by atoms with E-state index in [0.29, 0.717) is 20.6 Å². The lowest BCUT2D eigenvalue weighted by atomic mass is 9.96. The molecule has 0 saturated carbocycles. The van der Waals surface area contributed by atoms with Crippen LogP contribution in [0.5, 0.6) is 0 Å². The fourth-order valence-corrected chi connectivity index (χ4v) is 4.85. The van der Waals surface area contributed by atoms with Gasteiger partial charge in [0.05, 0.1) is 29.0 Å². The van der Waals surface area contributed by atoms with E-state index >= 15 is 0 Å². The minimum absolute atomic E-state index is 0.184. The van der Waals surface area contributed by atoms with Gasteiger partial charge in [0.1, 0.15) is 0 Å². The summed E-state index contributed by atoms with van der Waals surface area (Å²) in [4.78, 5) is 31.0. The lowest BCUT2D eigenvalue weighted by Crippen LogP contribution is -2.39. The van der Waals surface area contributed by atoms with Crippen molar-refractivity contribution < 1.29 is 9.53 Å². The number of aromatic nitrogens is 1. The van der Waals surface area contributed by atoms with Gasteiger partial charge >= 0.3 is 5.97 Å². The molecule has 0 bridgehead atoms. The van der Waals surface area contributed by atoms with Crippen molar-refractivity contribution in [3.63, 3.8) is 0 Å². The lowest BCUT2D eigenvalue weighted by molar-refractivity contribution is -0.136. The summed E-state index contributed by atoms with van der Waals surface area (Å²) < 4.78 is 8.08. The Hall–Kier alpha value is -2.77. The highest BCUT2D eigenvalue weighted by Crippen LogP contribution is 2.30. The van der Waals surface area contributed by atoms with E-state index in [-0.39, 0.29) is 5.56 Å². The van der Waals surface area contributed by atoms with Crippen LogP contribution in [0.15, 0.2) is 80.1 Å². The topological polar surface area (TPSA) is 60.7 Å². The van der Waals surface area contributed by atoms with Crippen LogP contribution in [0.3, 0.4) is 0 Å². The Balaban J connectivity index is 1.98. The van der Waals surface area contributed by atoms with Gasteiger partial charge in [-0.1, -0.05) is 69.7 Å². The van der Waals surface area contributed by atoms with Crippen molar-refractivity contribution in [2.45, 2.75) is 13.0 Å². The highest BCUT2D eigenvalue weighted by Gasteiger charge is 2.32. The average molecular weight is 469 g/mol. The maximum absolute atomic E-state index is 13.3. The van der Waals surface area contributed by atoms with Crippen LogP contribution in [0.4, 0.5) is 0 Å². The molecule has 0 saturated heterocycles. The molecule has 0 fully saturated rings. The highest BCUT2D eigenvalue weighted by atomic mass is 79.9. The zero-order valence-electron chi connectivity index (χ0n) is 15.8. The van der Waals surface area contributed by atoms with Crippen molar-refractivity contribution in [3.05, 3.63) is 101 Å². The van der Waals surface area contributed by atoms with Crippen molar-refractivity contribution in [1.82, 2.24) is 4.57 Å². The molecule has 4 rings (SSSR count). The summed E-state index contributed by atoms with van der Waals surface area (Å²) in [5, 5.41) is 0. The number of fused-ring (bicyclic) bond motifs is 1. The molecule has 0 spiro atoms. The molecule has 0 aliphatic carbocycles. The number of hydrogen-bond acceptors (Lipinski definition) is 5. The first-order chi connectivity index (χ1) is 14.0. The Morgan fingerprint density at radius 1 is 1.21 bits per heavy atom. The van der Waals surface area contributed by atoms with E-state index in [9.17, 15) is 9.59 Å². The second-order valence-corrected chi connectivity index (χ2v) is 8.46. The summed E-state index contributed by atoms with van der Waals surface area (Å²) in [5.74, 6) is -0.485. The van der Waals surface area contributed by atoms with Crippen molar-refractivity contribution in [2.75, 3.05) is 7.11 Å². The zero-order valence-corrected chi connectivity index (χ0v) is 18.2. The minimum Gasteiger partial charge on any atom is -0.466 e. The molecule has 7 heteroatoms. The number of methoxy groups -OCH3 is 1. The van der Waals surface area contributed by atoms with Gasteiger partial charge in [-0.15, -0.1) is 0 Å². The maximum atomic E-state index is 13.3. The number of benzene rings is 2. The van der Waals surface area contributed by atoms with Crippen LogP contribution >= 0.6 is 27.3 Å². The van der Waals surface area contributed by atoms with Crippen molar-refractivity contribution in [2.24, 2.45) is 4.99 Å². The van der Waals surface area contributed by atoms with E-state index in [1.54, 1.807) is 11.5 Å². The van der Waals surface area contributed by atoms with Gasteiger partial charge in [0.25, 0.3) is 5.56 Å². The van der Waals surface area contributed by atoms with Crippen molar-refractivity contribution >= 4 is 39.3 Å². The van der Waals surface area contributed by atoms with Gasteiger partial charge < -0.3 is 4.74 Å². The summed E-state index contributed by atoms with van der Waals surface area (Å²) in [6, 6.07) is 16.6. The summed E-state index contributed by atoms with van der Waals surface area (Å²) in [6.07, 6.45) is 1.84. The van der Waals surface area contributed by atoms with Crippen molar-refractivity contribution in [3.8, 4) is 0 Å². The first-order valence-corrected chi connectivity index (χ1v) is 10.5. The fourth-order valence-electron chi connectivity index (χ4n) is 3.39. The third-order valence-electron chi connectivity index (χ3n) is 4.69. The Bertz CT molecular complexity index is 1310. The summed E-state index contributed by atoms with van der Waals surface area (Å²) in [6.45, 7) is 1.77. The number of esters is 1. The Morgan fingerprint density at radius 3 is 2.66 bits per heavy atom. The third-order valence-corrected chi connectivity index (χ3v) is 6.16. The van der Waals surface area contributed by atoms with Gasteiger partial charge in [0.15, 0.2) is 4.80 Å². The molecule has 1 unspecified atom stereocenters. The molecule has 0 N–H and O–H groups in total. The SMILES string of the molecule is COC(=O)C1=C(C)N=c2sc(=Cc3cccc(Br)c3)c(=O)n2C1c1ccccc1. The predicted molar refractivity (Wildman–Crippen MR) is 116 cm³/mol. The molecular formula is C22H17BrN2O3S. The number of rotatable bonds is 3. The van der Waals surface area contributed by atoms with E-state index < -0.39 is 12.0 Å². The molecular weight excluding hydrogens is 452 g/mol. The van der Waals surface area contributed by atoms with Gasteiger partial charge in [-0.2, -0.15) is 0 Å². The normalized spacial score (nSPS) is 16.4. The van der Waals surface area contributed by atoms with Gasteiger partial charge in [-0.3, -0.25) is 9.36 Å². The standard InChI is InChI=1S/C22H17BrN2O3S/c1-13-18(21(27)28-2)19(15-8-4-3-5-9-15)25-20(26)17(29-22(25)24-13)12-14-7-6-10-16(23)11-14/h3-12,19H,1-2H3. The van der Waals surface area contributed by atoms with Crippen LogP contribution in [-0.4, -0.2) is 17.6 Å². The van der Waals surface area contributed by atoms with Crippen LogP contribution in [0, 0.1) is 0 Å². The van der Waals surface area contributed by atoms with Gasteiger partial charge in [-0.25, -0.2) is 9.79 Å². The highest BCUT2D eigenvalue weighted by molar-refractivity contribution is 9.10. The Kier molecular flexibility index (Phi) is 5.34. The average Bonchev–Trinajstić information content (AvgIpc) is 3.02. The fraction of sp³-hybridized carbons (Fsp3) is 0.136. The quantitative estimate of drug-likeness (QED) is 0.554. The first-order valence-electron chi connectivity index (χ1n) is 8.91. The minimum atomic E-state index is -0.579. The van der Waals surface area contributed by atoms with Gasteiger partial charge in [0.2, 0.25) is 0 Å². The molecule has 3 aromatic rings. The molecule has 1 aliphatic rings. The van der Waals surface area contributed by atoms with Gasteiger partial charge in [0, 0.05) is 4.47 Å². The molecule has 2 heterocycles. The van der Waals surface area contributed by atoms with Crippen LogP contribution < -0.4 is 14.9 Å². The summed E-state index contributed by atoms with van der Waals surface area (Å²) in [7, 11) is 1.34. The number of nitrogens with zero attached hydrogens (tertiary/aromatic N) is 2. The third kappa shape index (κ3) is 3.63. The maximum Gasteiger partial charge on any atom is 0.338 e.